The van der Waals surface area contributed by atoms with Gasteiger partial charge < -0.3 is 4.90 Å². The van der Waals surface area contributed by atoms with Crippen molar-refractivity contribution >= 4 is 28.3 Å². The molecule has 1 saturated heterocycles. The molecule has 5 rings (SSSR count). The van der Waals surface area contributed by atoms with Gasteiger partial charge in [-0.3, -0.25) is 4.98 Å². The van der Waals surface area contributed by atoms with E-state index < -0.39 is 24.8 Å². The second-order valence-corrected chi connectivity index (χ2v) is 8.47. The molecule has 1 unspecified atom stereocenters. The SMILES string of the molecule is CC1CCN(c2cnc3cnn(CC(F)F)c3n2)C1.FC(F)(F)c1ncccc1-c1nncs1. The predicted molar refractivity (Wildman–Crippen MR) is 115 cm³/mol. The van der Waals surface area contributed by atoms with E-state index in [1.54, 1.807) is 6.20 Å². The van der Waals surface area contributed by atoms with Gasteiger partial charge in [0.25, 0.3) is 6.43 Å². The van der Waals surface area contributed by atoms with E-state index in [1.165, 1.54) is 28.5 Å². The molecule has 4 aromatic heterocycles. The molecule has 1 fully saturated rings. The molecule has 34 heavy (non-hydrogen) atoms. The Balaban J connectivity index is 0.000000166. The number of alkyl halides is 5. The Kier molecular flexibility index (Phi) is 6.95. The Morgan fingerprint density at radius 2 is 2.03 bits per heavy atom. The zero-order valence-electron chi connectivity index (χ0n) is 17.8. The maximum atomic E-state index is 12.5. The van der Waals surface area contributed by atoms with E-state index in [4.69, 9.17) is 0 Å². The number of anilines is 1. The van der Waals surface area contributed by atoms with Crippen molar-refractivity contribution in [2.45, 2.75) is 32.5 Å². The van der Waals surface area contributed by atoms with Gasteiger partial charge in [-0.1, -0.05) is 18.3 Å². The van der Waals surface area contributed by atoms with Crippen molar-refractivity contribution in [3.8, 4) is 10.6 Å². The van der Waals surface area contributed by atoms with Gasteiger partial charge in [-0.05, 0) is 24.5 Å². The number of hydrogen-bond donors (Lipinski definition) is 0. The Morgan fingerprint density at radius 1 is 1.21 bits per heavy atom. The lowest BCUT2D eigenvalue weighted by Crippen LogP contribution is -2.20. The summed E-state index contributed by atoms with van der Waals surface area (Å²) < 4.78 is 63.7. The van der Waals surface area contributed by atoms with Crippen LogP contribution in [0.25, 0.3) is 21.7 Å². The highest BCUT2D eigenvalue weighted by atomic mass is 32.1. The molecular weight excluding hydrogens is 479 g/mol. The van der Waals surface area contributed by atoms with E-state index in [0.29, 0.717) is 17.1 Å². The van der Waals surface area contributed by atoms with Crippen LogP contribution < -0.4 is 4.90 Å². The van der Waals surface area contributed by atoms with Crippen LogP contribution in [0.2, 0.25) is 0 Å². The molecule has 0 aromatic carbocycles. The van der Waals surface area contributed by atoms with Gasteiger partial charge >= 0.3 is 6.18 Å². The monoisotopic (exact) mass is 498 g/mol. The summed E-state index contributed by atoms with van der Waals surface area (Å²) in [4.78, 5) is 14.1. The first kappa shape index (κ1) is 23.9. The fourth-order valence-corrected chi connectivity index (χ4v) is 4.07. The summed E-state index contributed by atoms with van der Waals surface area (Å²) in [5, 5.41) is 11.2. The molecule has 0 spiro atoms. The average Bonchev–Trinajstić information content (AvgIpc) is 3.55. The highest BCUT2D eigenvalue weighted by Gasteiger charge is 2.36. The lowest BCUT2D eigenvalue weighted by Gasteiger charge is -2.16. The van der Waals surface area contributed by atoms with Gasteiger partial charge in [-0.2, -0.15) is 18.3 Å². The molecule has 4 aromatic rings. The van der Waals surface area contributed by atoms with Crippen LogP contribution in [0.15, 0.2) is 36.2 Å². The normalized spacial score (nSPS) is 16.2. The number of hydrogen-bond acceptors (Lipinski definition) is 8. The van der Waals surface area contributed by atoms with Crippen molar-refractivity contribution in [2.75, 3.05) is 18.0 Å². The van der Waals surface area contributed by atoms with Gasteiger partial charge in [0.15, 0.2) is 11.3 Å². The molecule has 0 bridgehead atoms. The highest BCUT2D eigenvalue weighted by molar-refractivity contribution is 7.12. The van der Waals surface area contributed by atoms with Crippen LogP contribution >= 0.6 is 11.3 Å². The predicted octanol–water partition coefficient (Wildman–Crippen LogP) is 4.56. The van der Waals surface area contributed by atoms with Crippen LogP contribution in [-0.2, 0) is 12.7 Å². The van der Waals surface area contributed by atoms with Gasteiger partial charge in [0.2, 0.25) is 0 Å². The van der Waals surface area contributed by atoms with Crippen LogP contribution in [0.3, 0.4) is 0 Å². The van der Waals surface area contributed by atoms with Crippen LogP contribution in [0.4, 0.5) is 27.8 Å². The summed E-state index contributed by atoms with van der Waals surface area (Å²) in [6, 6.07) is 2.77. The summed E-state index contributed by atoms with van der Waals surface area (Å²) in [6.07, 6.45) is -1.53. The third-order valence-electron chi connectivity index (χ3n) is 5.06. The third kappa shape index (κ3) is 5.43. The van der Waals surface area contributed by atoms with E-state index in [-0.39, 0.29) is 10.6 Å². The summed E-state index contributed by atoms with van der Waals surface area (Å²) in [5.74, 6) is 1.37. The van der Waals surface area contributed by atoms with Crippen molar-refractivity contribution in [3.05, 3.63) is 41.9 Å². The summed E-state index contributed by atoms with van der Waals surface area (Å²) in [5.41, 5.74) is 1.39. The average molecular weight is 498 g/mol. The van der Waals surface area contributed by atoms with Crippen LogP contribution in [0, 0.1) is 5.92 Å². The first-order valence-electron chi connectivity index (χ1n) is 10.2. The molecule has 1 aliphatic heterocycles. The number of nitrogens with zero attached hydrogens (tertiary/aromatic N) is 8. The van der Waals surface area contributed by atoms with Crippen molar-refractivity contribution in [3.63, 3.8) is 0 Å². The lowest BCUT2D eigenvalue weighted by molar-refractivity contribution is -0.140. The van der Waals surface area contributed by atoms with Crippen LogP contribution in [0.1, 0.15) is 19.0 Å². The minimum absolute atomic E-state index is 0.0347. The fourth-order valence-electron chi connectivity index (χ4n) is 3.49. The van der Waals surface area contributed by atoms with E-state index in [0.717, 1.165) is 42.9 Å². The molecular formula is C20H19F5N8S. The molecule has 8 nitrogen and oxygen atoms in total. The molecule has 1 atom stereocenters. The van der Waals surface area contributed by atoms with Gasteiger partial charge in [-0.15, -0.1) is 10.2 Å². The van der Waals surface area contributed by atoms with Crippen LogP contribution in [-0.4, -0.2) is 54.4 Å². The number of fused-ring (bicyclic) bond motifs is 1. The Labute approximate surface area is 194 Å². The maximum Gasteiger partial charge on any atom is 0.434 e. The minimum atomic E-state index is -4.47. The van der Waals surface area contributed by atoms with Crippen molar-refractivity contribution < 1.29 is 22.0 Å². The molecule has 0 radical (unpaired) electrons. The van der Waals surface area contributed by atoms with E-state index in [9.17, 15) is 22.0 Å². The van der Waals surface area contributed by atoms with E-state index >= 15 is 0 Å². The molecule has 0 aliphatic carbocycles. The van der Waals surface area contributed by atoms with Crippen molar-refractivity contribution in [1.29, 1.82) is 0 Å². The molecule has 0 saturated carbocycles. The number of pyridine rings is 1. The first-order chi connectivity index (χ1) is 16.2. The standard InChI is InChI=1S/C12H15F2N5.C8H4F3N3S/c1-8-2-3-18(6-8)11-5-15-9-4-16-19(7-10(13)14)12(9)17-11;9-8(10,11)6-5(2-1-3-12-6)7-14-13-4-15-7/h4-5,8,10H,2-3,6-7H2,1H3;1-4H. The Bertz CT molecular complexity index is 1230. The Morgan fingerprint density at radius 3 is 2.68 bits per heavy atom. The fraction of sp³-hybridized carbons (Fsp3) is 0.400. The molecule has 1 aliphatic rings. The number of rotatable bonds is 4. The maximum absolute atomic E-state index is 12.5. The van der Waals surface area contributed by atoms with Crippen LogP contribution in [0.5, 0.6) is 0 Å². The zero-order chi connectivity index (χ0) is 24.3. The minimum Gasteiger partial charge on any atom is -0.355 e. The summed E-state index contributed by atoms with van der Waals surface area (Å²) in [7, 11) is 0. The molecule has 5 heterocycles. The quantitative estimate of drug-likeness (QED) is 0.382. The van der Waals surface area contributed by atoms with Crippen molar-refractivity contribution in [1.82, 2.24) is 34.9 Å². The Hall–Kier alpha value is -3.29. The zero-order valence-corrected chi connectivity index (χ0v) is 18.6. The van der Waals surface area contributed by atoms with E-state index in [2.05, 4.69) is 42.1 Å². The smallest absolute Gasteiger partial charge is 0.355 e. The second kappa shape index (κ2) is 9.91. The molecule has 0 amide bonds. The molecule has 180 valence electrons. The summed E-state index contributed by atoms with van der Waals surface area (Å²) >= 11 is 1.04. The number of halogens is 5. The van der Waals surface area contributed by atoms with Gasteiger partial charge in [0, 0.05) is 24.8 Å². The topological polar surface area (TPSA) is 85.5 Å². The van der Waals surface area contributed by atoms with E-state index in [1.807, 2.05) is 0 Å². The largest absolute Gasteiger partial charge is 0.434 e. The second-order valence-electron chi connectivity index (χ2n) is 7.64. The molecule has 14 heteroatoms. The third-order valence-corrected chi connectivity index (χ3v) is 5.78. The van der Waals surface area contributed by atoms with Gasteiger partial charge in [-0.25, -0.2) is 23.4 Å². The lowest BCUT2D eigenvalue weighted by atomic mass is 10.2. The highest BCUT2D eigenvalue weighted by Crippen LogP contribution is 2.35. The van der Waals surface area contributed by atoms with Crippen molar-refractivity contribution in [2.24, 2.45) is 5.92 Å². The molecule has 0 N–H and O–H groups in total. The van der Waals surface area contributed by atoms with Gasteiger partial charge in [0.05, 0.1) is 12.4 Å². The number of aromatic nitrogens is 7. The first-order valence-corrected chi connectivity index (χ1v) is 11.1. The van der Waals surface area contributed by atoms with Gasteiger partial charge in [0.1, 0.15) is 28.4 Å². The summed E-state index contributed by atoms with van der Waals surface area (Å²) in [6.45, 7) is 3.61.